The van der Waals surface area contributed by atoms with Gasteiger partial charge in [0.15, 0.2) is 5.82 Å². The average molecular weight is 594 g/mol. The van der Waals surface area contributed by atoms with Crippen molar-refractivity contribution in [2.45, 2.75) is 68.7 Å². The monoisotopic (exact) mass is 593 g/mol. The van der Waals surface area contributed by atoms with Gasteiger partial charge < -0.3 is 25.4 Å². The Morgan fingerprint density at radius 3 is 2.86 bits per heavy atom. The van der Waals surface area contributed by atoms with Crippen LogP contribution in [-0.2, 0) is 26.2 Å². The first-order valence-corrected chi connectivity index (χ1v) is 15.2. The quantitative estimate of drug-likeness (QED) is 0.343. The Morgan fingerprint density at radius 2 is 2.07 bits per heavy atom. The maximum Gasteiger partial charge on any atom is 0.332 e. The Hall–Kier alpha value is -3.84. The number of esters is 1. The van der Waals surface area contributed by atoms with E-state index in [1.807, 2.05) is 30.6 Å². The number of hydrogen-bond donors (Lipinski definition) is 2. The summed E-state index contributed by atoms with van der Waals surface area (Å²) in [5.74, 6) is -0.510. The van der Waals surface area contributed by atoms with Crippen molar-refractivity contribution in [1.82, 2.24) is 30.0 Å². The molecule has 0 aromatic carbocycles. The van der Waals surface area contributed by atoms with Crippen LogP contribution in [0.1, 0.15) is 44.9 Å². The van der Waals surface area contributed by atoms with E-state index in [-0.39, 0.29) is 24.8 Å². The maximum atomic E-state index is 13.8. The summed E-state index contributed by atoms with van der Waals surface area (Å²) in [7, 11) is 3.13. The Morgan fingerprint density at radius 1 is 1.21 bits per heavy atom. The van der Waals surface area contributed by atoms with Crippen LogP contribution in [0.25, 0.3) is 21.7 Å². The molecule has 1 saturated carbocycles. The van der Waals surface area contributed by atoms with Crippen molar-refractivity contribution in [3.63, 3.8) is 0 Å². The van der Waals surface area contributed by atoms with E-state index in [1.54, 1.807) is 10.9 Å². The molecule has 42 heavy (non-hydrogen) atoms. The first kappa shape index (κ1) is 28.3. The fourth-order valence-electron chi connectivity index (χ4n) is 5.99. The molecule has 0 unspecified atom stereocenters. The third-order valence-electron chi connectivity index (χ3n) is 8.43. The second-order valence-electron chi connectivity index (χ2n) is 11.2. The van der Waals surface area contributed by atoms with Crippen molar-refractivity contribution >= 4 is 39.3 Å². The number of carbonyl (C=O) groups is 3. The molecule has 13 heteroatoms. The normalized spacial score (nSPS) is 29.2. The number of ether oxygens (including phenoxy) is 2. The molecule has 3 aromatic rings. The molecular weight excluding hydrogens is 558 g/mol. The van der Waals surface area contributed by atoms with E-state index in [2.05, 4.69) is 21.5 Å². The standard InChI is InChI=1S/C29H35N7O5S/c1-35-21(10-12-31-35)24-32-20-11-13-42-23(20)26(33-24)41-18-14-22-25(37)34-29(28(39)40-2)15-17(29)8-6-4-3-5-7-9-19(30)27(38)36(22)16-18/h6,8,10-13,17-19,22H,3-5,7,9,14-16,30H2,1-2H3,(H,34,37)/b8-6-/t17-,18-,19+,22+,29-/m1/s1. The van der Waals surface area contributed by atoms with Gasteiger partial charge in [0.2, 0.25) is 17.7 Å². The van der Waals surface area contributed by atoms with Gasteiger partial charge in [-0.15, -0.1) is 11.3 Å². The van der Waals surface area contributed by atoms with E-state index in [1.165, 1.54) is 23.3 Å². The predicted molar refractivity (Wildman–Crippen MR) is 155 cm³/mol. The number of nitrogens with zero attached hydrogens (tertiary/aromatic N) is 5. The minimum atomic E-state index is -1.13. The van der Waals surface area contributed by atoms with Crippen LogP contribution in [0.15, 0.2) is 35.9 Å². The van der Waals surface area contributed by atoms with E-state index < -0.39 is 35.6 Å². The zero-order valence-electron chi connectivity index (χ0n) is 23.7. The lowest BCUT2D eigenvalue weighted by atomic mass is 10.1. The van der Waals surface area contributed by atoms with Crippen LogP contribution in [0.2, 0.25) is 0 Å². The molecule has 12 nitrogen and oxygen atoms in total. The van der Waals surface area contributed by atoms with Gasteiger partial charge in [0.25, 0.3) is 0 Å². The molecule has 3 N–H and O–H groups in total. The van der Waals surface area contributed by atoms with Crippen LogP contribution in [0.4, 0.5) is 0 Å². The highest BCUT2D eigenvalue weighted by molar-refractivity contribution is 7.17. The van der Waals surface area contributed by atoms with Gasteiger partial charge in [0.05, 0.1) is 25.2 Å². The van der Waals surface area contributed by atoms with Crippen LogP contribution in [-0.4, -0.2) is 79.8 Å². The minimum absolute atomic E-state index is 0.155. The first-order valence-electron chi connectivity index (χ1n) is 14.3. The first-order chi connectivity index (χ1) is 20.3. The Labute approximate surface area is 247 Å². The van der Waals surface area contributed by atoms with Crippen LogP contribution >= 0.6 is 11.3 Å². The van der Waals surface area contributed by atoms with Crippen molar-refractivity contribution in [1.29, 1.82) is 0 Å². The van der Waals surface area contributed by atoms with Gasteiger partial charge in [0, 0.05) is 25.6 Å². The maximum absolute atomic E-state index is 13.8. The molecule has 5 heterocycles. The SMILES string of the molecule is COC(=O)[C@@]12C[C@H]1/C=C\CCCCC[C@H](N)C(=O)N1C[C@H](Oc3nc(-c4ccnn4C)nc4ccsc34)C[C@H]1C(=O)N2. The van der Waals surface area contributed by atoms with Crippen LogP contribution < -0.4 is 15.8 Å². The number of rotatable bonds is 4. The number of amides is 2. The van der Waals surface area contributed by atoms with Crippen molar-refractivity contribution in [3.05, 3.63) is 35.9 Å². The van der Waals surface area contributed by atoms with Gasteiger partial charge in [-0.25, -0.2) is 9.78 Å². The third kappa shape index (κ3) is 5.26. The molecule has 0 spiro atoms. The molecule has 3 aliphatic rings. The number of allylic oxidation sites excluding steroid dienone is 1. The van der Waals surface area contributed by atoms with Gasteiger partial charge in [-0.1, -0.05) is 25.0 Å². The number of carbonyl (C=O) groups excluding carboxylic acids is 3. The lowest BCUT2D eigenvalue weighted by molar-refractivity contribution is -0.148. The summed E-state index contributed by atoms with van der Waals surface area (Å²) >= 11 is 1.46. The van der Waals surface area contributed by atoms with E-state index >= 15 is 0 Å². The highest BCUT2D eigenvalue weighted by Gasteiger charge is 2.62. The lowest BCUT2D eigenvalue weighted by Gasteiger charge is -2.28. The van der Waals surface area contributed by atoms with Crippen LogP contribution in [0.5, 0.6) is 5.88 Å². The van der Waals surface area contributed by atoms with E-state index in [9.17, 15) is 14.4 Å². The Kier molecular flexibility index (Phi) is 7.71. The number of thiophene rings is 1. The molecule has 5 atom stereocenters. The summed E-state index contributed by atoms with van der Waals surface area (Å²) in [5, 5.41) is 9.09. The molecule has 2 amide bonds. The highest BCUT2D eigenvalue weighted by Crippen LogP contribution is 2.46. The molecule has 2 fully saturated rings. The van der Waals surface area contributed by atoms with E-state index in [0.717, 1.165) is 41.6 Å². The number of nitrogens with two attached hydrogens (primary N) is 1. The summed E-state index contributed by atoms with van der Waals surface area (Å²) in [6.45, 7) is 0.164. The highest BCUT2D eigenvalue weighted by atomic mass is 32.1. The summed E-state index contributed by atoms with van der Waals surface area (Å²) in [5.41, 5.74) is 6.69. The van der Waals surface area contributed by atoms with Crippen molar-refractivity contribution < 1.29 is 23.9 Å². The van der Waals surface area contributed by atoms with Crippen molar-refractivity contribution in [2.75, 3.05) is 13.7 Å². The Balaban J connectivity index is 1.29. The molecule has 1 aliphatic carbocycles. The average Bonchev–Trinajstić information content (AvgIpc) is 3.38. The molecule has 6 rings (SSSR count). The predicted octanol–water partition coefficient (Wildman–Crippen LogP) is 2.34. The third-order valence-corrected chi connectivity index (χ3v) is 9.32. The number of aryl methyl sites for hydroxylation is 1. The van der Waals surface area contributed by atoms with Crippen LogP contribution in [0.3, 0.4) is 0 Å². The molecule has 0 radical (unpaired) electrons. The largest absolute Gasteiger partial charge is 0.471 e. The minimum Gasteiger partial charge on any atom is -0.471 e. The topological polar surface area (TPSA) is 155 Å². The van der Waals surface area contributed by atoms with Gasteiger partial charge in [-0.3, -0.25) is 14.3 Å². The number of fused-ring (bicyclic) bond motifs is 3. The second kappa shape index (κ2) is 11.4. The molecule has 3 aromatic heterocycles. The molecular formula is C29H35N7O5S. The number of nitrogens with one attached hydrogen (secondary N) is 1. The van der Waals surface area contributed by atoms with Crippen molar-refractivity contribution in [3.8, 4) is 17.4 Å². The fourth-order valence-corrected chi connectivity index (χ4v) is 6.75. The van der Waals surface area contributed by atoms with Gasteiger partial charge in [-0.05, 0) is 43.2 Å². The van der Waals surface area contributed by atoms with Gasteiger partial charge >= 0.3 is 5.97 Å². The molecule has 2 aliphatic heterocycles. The smallest absolute Gasteiger partial charge is 0.332 e. The summed E-state index contributed by atoms with van der Waals surface area (Å²) in [6.07, 6.45) is 9.98. The molecule has 222 valence electrons. The van der Waals surface area contributed by atoms with Crippen LogP contribution in [0, 0.1) is 5.92 Å². The van der Waals surface area contributed by atoms with Gasteiger partial charge in [-0.2, -0.15) is 10.1 Å². The molecule has 0 bridgehead atoms. The zero-order chi connectivity index (χ0) is 29.4. The molecule has 1 saturated heterocycles. The summed E-state index contributed by atoms with van der Waals surface area (Å²) in [6, 6.07) is 2.13. The number of methoxy groups -OCH3 is 1. The van der Waals surface area contributed by atoms with Gasteiger partial charge in [0.1, 0.15) is 28.1 Å². The summed E-state index contributed by atoms with van der Waals surface area (Å²) < 4.78 is 14.0. The lowest BCUT2D eigenvalue weighted by Crippen LogP contribution is -2.55. The fraction of sp³-hybridized carbons (Fsp3) is 0.517. The number of aromatic nitrogens is 4. The van der Waals surface area contributed by atoms with E-state index in [0.29, 0.717) is 24.5 Å². The van der Waals surface area contributed by atoms with E-state index in [4.69, 9.17) is 20.2 Å². The summed E-state index contributed by atoms with van der Waals surface area (Å²) in [4.78, 5) is 51.1. The second-order valence-corrected chi connectivity index (χ2v) is 12.2. The Bertz CT molecular complexity index is 1540. The van der Waals surface area contributed by atoms with Crippen molar-refractivity contribution in [2.24, 2.45) is 18.7 Å². The number of hydrogen-bond acceptors (Lipinski definition) is 10. The zero-order valence-corrected chi connectivity index (χ0v) is 24.5.